The molecule has 7 heteroatoms. The summed E-state index contributed by atoms with van der Waals surface area (Å²) in [7, 11) is -3.00. The summed E-state index contributed by atoms with van der Waals surface area (Å²) in [6.45, 7) is 5.37. The Bertz CT molecular complexity index is 181. The smallest absolute Gasteiger partial charge is 0.252 e. The first-order valence-corrected chi connectivity index (χ1v) is 6.32. The Morgan fingerprint density at radius 1 is 1.64 bits per heavy atom. The first kappa shape index (κ1) is 12.3. The molecule has 0 saturated carbocycles. The van der Waals surface area contributed by atoms with E-state index < -0.39 is 14.2 Å². The summed E-state index contributed by atoms with van der Waals surface area (Å²) >= 11 is 0. The van der Waals surface area contributed by atoms with Crippen LogP contribution in [0, 0.1) is 0 Å². The molecule has 14 heavy (non-hydrogen) atoms. The zero-order valence-corrected chi connectivity index (χ0v) is 9.37. The second-order valence-electron chi connectivity index (χ2n) is 3.00. The van der Waals surface area contributed by atoms with Crippen LogP contribution in [0.15, 0.2) is 0 Å². The summed E-state index contributed by atoms with van der Waals surface area (Å²) in [6.07, 6.45) is -0.114. The third-order valence-electron chi connectivity index (χ3n) is 2.18. The number of hydrogen-bond acceptors (Lipinski definition) is 6. The summed E-state index contributed by atoms with van der Waals surface area (Å²) in [4.78, 5) is 16.3. The van der Waals surface area contributed by atoms with Crippen molar-refractivity contribution in [3.05, 3.63) is 0 Å². The van der Waals surface area contributed by atoms with Crippen LogP contribution in [0.25, 0.3) is 0 Å². The molecule has 0 aromatic heterocycles. The molecule has 1 aliphatic rings. The summed E-state index contributed by atoms with van der Waals surface area (Å²) < 4.78 is 6.91. The molecular weight excluding hydrogens is 207 g/mol. The first-order valence-electron chi connectivity index (χ1n) is 4.74. The second kappa shape index (κ2) is 5.32. The Morgan fingerprint density at radius 3 is 2.79 bits per heavy atom. The van der Waals surface area contributed by atoms with Crippen molar-refractivity contribution in [3.8, 4) is 0 Å². The van der Waals surface area contributed by atoms with Crippen molar-refractivity contribution < 1.29 is 19.6 Å². The van der Waals surface area contributed by atoms with E-state index >= 15 is 0 Å². The van der Waals surface area contributed by atoms with Crippen molar-refractivity contribution in [1.82, 2.24) is 9.76 Å². The lowest BCUT2D eigenvalue weighted by molar-refractivity contribution is -0.297. The van der Waals surface area contributed by atoms with Gasteiger partial charge in [-0.2, -0.15) is 0 Å². The van der Waals surface area contributed by atoms with E-state index in [9.17, 15) is 4.89 Å². The van der Waals surface area contributed by atoms with Gasteiger partial charge in [0.1, 0.15) is 0 Å². The number of nitrogens with zero attached hydrogens (tertiary/aromatic N) is 1. The predicted octanol–water partition coefficient (Wildman–Crippen LogP) is 0.192. The monoisotopic (exact) mass is 224 g/mol. The number of rotatable bonds is 4. The highest BCUT2D eigenvalue weighted by Gasteiger charge is 2.41. The molecule has 0 bridgehead atoms. The summed E-state index contributed by atoms with van der Waals surface area (Å²) in [5, 5.41) is 11.2. The summed E-state index contributed by atoms with van der Waals surface area (Å²) in [6, 6.07) is 0. The molecule has 1 rings (SSSR count). The lowest BCUT2D eigenvalue weighted by Gasteiger charge is -2.40. The SMILES string of the molecule is CCN(CC)[P+]1([O-])N[C@@H](OO)CCO1. The van der Waals surface area contributed by atoms with Crippen LogP contribution in [0.2, 0.25) is 0 Å². The van der Waals surface area contributed by atoms with E-state index in [2.05, 4.69) is 9.97 Å². The fraction of sp³-hybridized carbons (Fsp3) is 1.00. The van der Waals surface area contributed by atoms with Gasteiger partial charge in [-0.3, -0.25) is 5.26 Å². The van der Waals surface area contributed by atoms with Crippen LogP contribution in [0.1, 0.15) is 20.3 Å². The molecule has 1 saturated heterocycles. The minimum atomic E-state index is -3.00. The van der Waals surface area contributed by atoms with Crippen molar-refractivity contribution in [2.75, 3.05) is 19.7 Å². The predicted molar refractivity (Wildman–Crippen MR) is 51.0 cm³/mol. The van der Waals surface area contributed by atoms with E-state index in [4.69, 9.17) is 9.78 Å². The van der Waals surface area contributed by atoms with Crippen LogP contribution < -0.4 is 9.98 Å². The Kier molecular flexibility index (Phi) is 4.66. The molecule has 0 spiro atoms. The van der Waals surface area contributed by atoms with Gasteiger partial charge in [0, 0.05) is 19.5 Å². The van der Waals surface area contributed by atoms with Crippen LogP contribution >= 0.6 is 8.02 Å². The fourth-order valence-corrected chi connectivity index (χ4v) is 3.44. The molecule has 0 radical (unpaired) electrons. The molecule has 1 fully saturated rings. The first-order chi connectivity index (χ1) is 6.66. The van der Waals surface area contributed by atoms with E-state index in [0.29, 0.717) is 26.1 Å². The maximum atomic E-state index is 12.2. The largest absolute Gasteiger partial charge is 0.626 e. The van der Waals surface area contributed by atoms with Gasteiger partial charge in [0.2, 0.25) is 0 Å². The third kappa shape index (κ3) is 2.61. The Balaban J connectivity index is 2.61. The highest BCUT2D eigenvalue weighted by Crippen LogP contribution is 2.53. The number of nitrogens with one attached hydrogen (secondary N) is 1. The summed E-state index contributed by atoms with van der Waals surface area (Å²) in [5.74, 6) is 0. The second-order valence-corrected chi connectivity index (χ2v) is 5.13. The van der Waals surface area contributed by atoms with Gasteiger partial charge >= 0.3 is 0 Å². The van der Waals surface area contributed by atoms with Crippen molar-refractivity contribution >= 4 is 8.02 Å². The third-order valence-corrected chi connectivity index (χ3v) is 4.64. The van der Waals surface area contributed by atoms with Gasteiger partial charge in [-0.15, -0.1) is 9.76 Å². The molecule has 0 amide bonds. The molecule has 0 aromatic rings. The molecular formula is C7H17N2O4P. The molecule has 6 nitrogen and oxygen atoms in total. The molecule has 0 aromatic carbocycles. The quantitative estimate of drug-likeness (QED) is 0.403. The molecule has 1 aliphatic heterocycles. The average molecular weight is 224 g/mol. The van der Waals surface area contributed by atoms with Crippen LogP contribution in [0.5, 0.6) is 0 Å². The van der Waals surface area contributed by atoms with Crippen LogP contribution in [0.4, 0.5) is 0 Å². The maximum Gasteiger partial charge on any atom is 0.252 e. The molecule has 1 heterocycles. The molecule has 84 valence electrons. The van der Waals surface area contributed by atoms with Crippen LogP contribution in [-0.4, -0.2) is 35.9 Å². The van der Waals surface area contributed by atoms with Crippen molar-refractivity contribution in [3.63, 3.8) is 0 Å². The average Bonchev–Trinajstić information content (AvgIpc) is 2.19. The van der Waals surface area contributed by atoms with Gasteiger partial charge in [0.15, 0.2) is 6.23 Å². The zero-order valence-electron chi connectivity index (χ0n) is 8.47. The molecule has 0 aliphatic carbocycles. The van der Waals surface area contributed by atoms with E-state index in [1.54, 1.807) is 4.67 Å². The van der Waals surface area contributed by atoms with E-state index in [1.807, 2.05) is 13.8 Å². The van der Waals surface area contributed by atoms with Gasteiger partial charge in [-0.1, -0.05) is 0 Å². The lowest BCUT2D eigenvalue weighted by atomic mass is 10.4. The highest BCUT2D eigenvalue weighted by atomic mass is 31.2. The van der Waals surface area contributed by atoms with E-state index in [0.717, 1.165) is 0 Å². The van der Waals surface area contributed by atoms with Crippen molar-refractivity contribution in [2.24, 2.45) is 0 Å². The van der Waals surface area contributed by atoms with Crippen molar-refractivity contribution in [2.45, 2.75) is 26.5 Å². The zero-order chi connectivity index (χ0) is 10.6. The topological polar surface area (TPSA) is 77.0 Å². The summed E-state index contributed by atoms with van der Waals surface area (Å²) in [5.41, 5.74) is 0. The van der Waals surface area contributed by atoms with Gasteiger partial charge in [0.05, 0.1) is 6.61 Å². The van der Waals surface area contributed by atoms with Crippen LogP contribution in [0.3, 0.4) is 0 Å². The lowest BCUT2D eigenvalue weighted by Crippen LogP contribution is -2.49. The van der Waals surface area contributed by atoms with E-state index in [-0.39, 0.29) is 0 Å². The minimum absolute atomic E-state index is 0.325. The van der Waals surface area contributed by atoms with Gasteiger partial charge in [-0.05, 0) is 13.8 Å². The Hall–Kier alpha value is 0.190. The highest BCUT2D eigenvalue weighted by molar-refractivity contribution is 7.59. The standard InChI is InChI=1S/C7H17N2O4P/c1-3-9(4-2)14(11)8-7(13-10)5-6-12-14/h7,10H,3-6H2,1-2H3,(H,8,11)/t7-,14?/m0/s1. The Labute approximate surface area is 84.3 Å². The van der Waals surface area contributed by atoms with Crippen molar-refractivity contribution in [1.29, 1.82) is 0 Å². The molecule has 1 unspecified atom stereocenters. The minimum Gasteiger partial charge on any atom is -0.626 e. The van der Waals surface area contributed by atoms with Gasteiger partial charge in [-0.25, -0.2) is 9.41 Å². The molecule has 2 N–H and O–H groups in total. The van der Waals surface area contributed by atoms with Gasteiger partial charge in [0.25, 0.3) is 8.02 Å². The normalized spacial score (nSPS) is 33.6. The molecule has 2 atom stereocenters. The Morgan fingerprint density at radius 2 is 2.29 bits per heavy atom. The van der Waals surface area contributed by atoms with Gasteiger partial charge < -0.3 is 4.89 Å². The van der Waals surface area contributed by atoms with E-state index in [1.165, 1.54) is 0 Å². The number of hydrogen-bond donors (Lipinski definition) is 2. The van der Waals surface area contributed by atoms with Crippen LogP contribution in [-0.2, 0) is 9.41 Å². The fourth-order valence-electron chi connectivity index (χ4n) is 1.40. The maximum absolute atomic E-state index is 12.2.